The molecule has 0 saturated heterocycles. The number of carboxylic acids is 1. The second-order valence-corrected chi connectivity index (χ2v) is 4.84. The van der Waals surface area contributed by atoms with E-state index >= 15 is 0 Å². The number of halogens is 1. The van der Waals surface area contributed by atoms with Gasteiger partial charge in [-0.2, -0.15) is 0 Å². The minimum absolute atomic E-state index is 0.184. The van der Waals surface area contributed by atoms with E-state index in [0.717, 1.165) is 0 Å². The van der Waals surface area contributed by atoms with Crippen LogP contribution in [0, 0.1) is 5.92 Å². The van der Waals surface area contributed by atoms with Crippen molar-refractivity contribution in [2.75, 3.05) is 0 Å². The molecule has 1 aromatic rings. The van der Waals surface area contributed by atoms with Crippen LogP contribution >= 0.6 is 15.9 Å². The smallest absolute Gasteiger partial charge is 0.326 e. The van der Waals surface area contributed by atoms with E-state index in [0.29, 0.717) is 10.0 Å². The van der Waals surface area contributed by atoms with Gasteiger partial charge < -0.3 is 10.4 Å². The number of nitrogens with one attached hydrogen (secondary N) is 1. The summed E-state index contributed by atoms with van der Waals surface area (Å²) >= 11 is 3.20. The molecule has 0 aliphatic rings. The van der Waals surface area contributed by atoms with Crippen LogP contribution in [0.25, 0.3) is 0 Å². The Bertz CT molecular complexity index is 434. The number of aromatic nitrogens is 1. The second kappa shape index (κ2) is 5.77. The van der Waals surface area contributed by atoms with Crippen molar-refractivity contribution in [1.82, 2.24) is 10.3 Å². The summed E-state index contributed by atoms with van der Waals surface area (Å²) in [6.45, 7) is 3.47. The van der Waals surface area contributed by atoms with Crippen LogP contribution in [-0.4, -0.2) is 28.0 Å². The molecule has 0 unspecified atom stereocenters. The Hall–Kier alpha value is -1.43. The molecule has 1 amide bonds. The molecule has 5 nitrogen and oxygen atoms in total. The predicted molar refractivity (Wildman–Crippen MR) is 65.7 cm³/mol. The van der Waals surface area contributed by atoms with Gasteiger partial charge in [-0.1, -0.05) is 13.8 Å². The molecule has 0 aliphatic heterocycles. The van der Waals surface area contributed by atoms with Gasteiger partial charge in [-0.3, -0.25) is 9.78 Å². The lowest BCUT2D eigenvalue weighted by molar-refractivity contribution is -0.140. The second-order valence-electron chi connectivity index (χ2n) is 3.93. The minimum Gasteiger partial charge on any atom is -0.480 e. The molecule has 1 heterocycles. The molecule has 1 atom stereocenters. The Morgan fingerprint density at radius 1 is 1.41 bits per heavy atom. The van der Waals surface area contributed by atoms with E-state index in [2.05, 4.69) is 26.2 Å². The average Bonchev–Trinajstić information content (AvgIpc) is 2.24. The van der Waals surface area contributed by atoms with Gasteiger partial charge in [0, 0.05) is 16.9 Å². The van der Waals surface area contributed by atoms with Crippen molar-refractivity contribution in [3.8, 4) is 0 Å². The Balaban J connectivity index is 2.81. The molecular weight excluding hydrogens is 288 g/mol. The minimum atomic E-state index is -1.05. The third kappa shape index (κ3) is 3.81. The number of hydrogen-bond donors (Lipinski definition) is 2. The normalized spacial score (nSPS) is 12.2. The standard InChI is InChI=1S/C11H13BrN2O3/c1-6(2)9(11(16)17)14-10(15)7-3-8(12)5-13-4-7/h3-6,9H,1-2H3,(H,14,15)(H,16,17)/t9-/m1/s1. The van der Waals surface area contributed by atoms with Crippen molar-refractivity contribution in [1.29, 1.82) is 0 Å². The van der Waals surface area contributed by atoms with Gasteiger partial charge in [0.2, 0.25) is 0 Å². The fourth-order valence-electron chi connectivity index (χ4n) is 1.27. The lowest BCUT2D eigenvalue weighted by Crippen LogP contribution is -2.44. The highest BCUT2D eigenvalue weighted by Gasteiger charge is 2.23. The highest BCUT2D eigenvalue weighted by Crippen LogP contribution is 2.10. The third-order valence-electron chi connectivity index (χ3n) is 2.19. The molecule has 17 heavy (non-hydrogen) atoms. The first-order chi connectivity index (χ1) is 7.91. The van der Waals surface area contributed by atoms with Crippen LogP contribution in [-0.2, 0) is 4.79 Å². The molecule has 1 aromatic heterocycles. The SMILES string of the molecule is CC(C)[C@@H](NC(=O)c1cncc(Br)c1)C(=O)O. The van der Waals surface area contributed by atoms with Gasteiger partial charge in [0.15, 0.2) is 0 Å². The van der Waals surface area contributed by atoms with E-state index in [9.17, 15) is 9.59 Å². The Labute approximate surface area is 107 Å². The first-order valence-electron chi connectivity index (χ1n) is 5.06. The monoisotopic (exact) mass is 300 g/mol. The van der Waals surface area contributed by atoms with Crippen molar-refractivity contribution in [2.24, 2.45) is 5.92 Å². The first kappa shape index (κ1) is 13.6. The number of carbonyl (C=O) groups is 2. The molecule has 0 spiro atoms. The van der Waals surface area contributed by atoms with Crippen LogP contribution in [0.4, 0.5) is 0 Å². The largest absolute Gasteiger partial charge is 0.480 e. The Morgan fingerprint density at radius 3 is 2.53 bits per heavy atom. The Morgan fingerprint density at radius 2 is 2.06 bits per heavy atom. The summed E-state index contributed by atoms with van der Waals surface area (Å²) in [5, 5.41) is 11.4. The zero-order chi connectivity index (χ0) is 13.0. The summed E-state index contributed by atoms with van der Waals surface area (Å²) < 4.78 is 0.668. The quantitative estimate of drug-likeness (QED) is 0.887. The zero-order valence-corrected chi connectivity index (χ0v) is 11.1. The van der Waals surface area contributed by atoms with Crippen molar-refractivity contribution in [3.63, 3.8) is 0 Å². The number of nitrogens with zero attached hydrogens (tertiary/aromatic N) is 1. The lowest BCUT2D eigenvalue weighted by Gasteiger charge is -2.17. The number of aliphatic carboxylic acids is 1. The van der Waals surface area contributed by atoms with Crippen molar-refractivity contribution in [3.05, 3.63) is 28.5 Å². The van der Waals surface area contributed by atoms with E-state index in [4.69, 9.17) is 5.11 Å². The molecule has 0 saturated carbocycles. The van der Waals surface area contributed by atoms with Gasteiger partial charge in [0.05, 0.1) is 5.56 Å². The molecule has 6 heteroatoms. The number of carboxylic acid groups (broad SMARTS) is 1. The fraction of sp³-hybridized carbons (Fsp3) is 0.364. The molecule has 2 N–H and O–H groups in total. The number of pyridine rings is 1. The van der Waals surface area contributed by atoms with E-state index in [1.165, 1.54) is 6.20 Å². The summed E-state index contributed by atoms with van der Waals surface area (Å²) in [6, 6.07) is 0.683. The van der Waals surface area contributed by atoms with Gasteiger partial charge in [0.1, 0.15) is 6.04 Å². The molecule has 0 radical (unpaired) electrons. The summed E-state index contributed by atoms with van der Waals surface area (Å²) in [5.74, 6) is -1.67. The maximum Gasteiger partial charge on any atom is 0.326 e. The van der Waals surface area contributed by atoms with Crippen LogP contribution in [0.2, 0.25) is 0 Å². The zero-order valence-electron chi connectivity index (χ0n) is 9.48. The topological polar surface area (TPSA) is 79.3 Å². The maximum absolute atomic E-state index is 11.8. The molecule has 0 aliphatic carbocycles. The van der Waals surface area contributed by atoms with E-state index in [1.807, 2.05) is 0 Å². The van der Waals surface area contributed by atoms with Crippen LogP contribution in [0.1, 0.15) is 24.2 Å². The average molecular weight is 301 g/mol. The molecule has 92 valence electrons. The summed E-state index contributed by atoms with van der Waals surface area (Å²) in [4.78, 5) is 26.6. The van der Waals surface area contributed by atoms with Gasteiger partial charge in [0.25, 0.3) is 5.91 Å². The highest BCUT2D eigenvalue weighted by molar-refractivity contribution is 9.10. The van der Waals surface area contributed by atoms with E-state index in [1.54, 1.807) is 26.1 Å². The number of amides is 1. The lowest BCUT2D eigenvalue weighted by atomic mass is 10.0. The number of carbonyl (C=O) groups excluding carboxylic acids is 1. The van der Waals surface area contributed by atoms with Crippen LogP contribution in [0.15, 0.2) is 22.9 Å². The van der Waals surface area contributed by atoms with Crippen molar-refractivity contribution < 1.29 is 14.7 Å². The van der Waals surface area contributed by atoms with Gasteiger partial charge in [-0.25, -0.2) is 4.79 Å². The van der Waals surface area contributed by atoms with Crippen molar-refractivity contribution in [2.45, 2.75) is 19.9 Å². The summed E-state index contributed by atoms with van der Waals surface area (Å²) in [6.07, 6.45) is 2.94. The molecular formula is C11H13BrN2O3. The number of hydrogen-bond acceptors (Lipinski definition) is 3. The Kier molecular flexibility index (Phi) is 4.62. The maximum atomic E-state index is 11.8. The van der Waals surface area contributed by atoms with Crippen molar-refractivity contribution >= 4 is 27.8 Å². The van der Waals surface area contributed by atoms with E-state index < -0.39 is 17.9 Å². The fourth-order valence-corrected chi connectivity index (χ4v) is 1.64. The van der Waals surface area contributed by atoms with Crippen LogP contribution in [0.3, 0.4) is 0 Å². The predicted octanol–water partition coefficient (Wildman–Crippen LogP) is 1.68. The van der Waals surface area contributed by atoms with E-state index in [-0.39, 0.29) is 5.92 Å². The van der Waals surface area contributed by atoms with Crippen LogP contribution < -0.4 is 5.32 Å². The molecule has 0 bridgehead atoms. The highest BCUT2D eigenvalue weighted by atomic mass is 79.9. The van der Waals surface area contributed by atoms with Gasteiger partial charge in [-0.15, -0.1) is 0 Å². The summed E-state index contributed by atoms with van der Waals surface area (Å²) in [5.41, 5.74) is 0.325. The molecule has 0 aromatic carbocycles. The van der Waals surface area contributed by atoms with Gasteiger partial charge >= 0.3 is 5.97 Å². The van der Waals surface area contributed by atoms with Gasteiger partial charge in [-0.05, 0) is 27.9 Å². The third-order valence-corrected chi connectivity index (χ3v) is 2.62. The number of rotatable bonds is 4. The van der Waals surface area contributed by atoms with Crippen LogP contribution in [0.5, 0.6) is 0 Å². The molecule has 0 fully saturated rings. The first-order valence-corrected chi connectivity index (χ1v) is 5.85. The molecule has 1 rings (SSSR count). The summed E-state index contributed by atoms with van der Waals surface area (Å²) in [7, 11) is 0.